The van der Waals surface area contributed by atoms with E-state index in [0.717, 1.165) is 43.4 Å². The maximum absolute atomic E-state index is 5.79. The van der Waals surface area contributed by atoms with E-state index in [9.17, 15) is 0 Å². The van der Waals surface area contributed by atoms with E-state index in [1.54, 1.807) is 0 Å². The van der Waals surface area contributed by atoms with Crippen molar-refractivity contribution in [1.82, 2.24) is 19.2 Å². The zero-order chi connectivity index (χ0) is 17.9. The van der Waals surface area contributed by atoms with Gasteiger partial charge >= 0.3 is 0 Å². The molecule has 0 saturated carbocycles. The van der Waals surface area contributed by atoms with Crippen molar-refractivity contribution >= 4 is 12.2 Å². The molecule has 2 heterocycles. The van der Waals surface area contributed by atoms with Crippen molar-refractivity contribution in [2.75, 3.05) is 26.3 Å². The van der Waals surface area contributed by atoms with Gasteiger partial charge in [0.15, 0.2) is 5.82 Å². The Morgan fingerprint density at radius 2 is 1.69 bits per heavy atom. The van der Waals surface area contributed by atoms with Crippen LogP contribution in [0.4, 0.5) is 0 Å². The molecule has 134 valence electrons. The fourth-order valence-electron chi connectivity index (χ4n) is 3.13. The van der Waals surface area contributed by atoms with Gasteiger partial charge in [-0.3, -0.25) is 9.47 Å². The zero-order valence-electron chi connectivity index (χ0n) is 14.8. The molecule has 1 aliphatic rings. The summed E-state index contributed by atoms with van der Waals surface area (Å²) in [4.78, 5) is 2.32. The van der Waals surface area contributed by atoms with Gasteiger partial charge in [0, 0.05) is 24.3 Å². The van der Waals surface area contributed by atoms with Gasteiger partial charge in [-0.2, -0.15) is 0 Å². The highest BCUT2D eigenvalue weighted by atomic mass is 32.1. The Morgan fingerprint density at radius 1 is 1.00 bits per heavy atom. The predicted molar refractivity (Wildman–Crippen MR) is 105 cm³/mol. The first kappa shape index (κ1) is 17.1. The quantitative estimate of drug-likeness (QED) is 0.660. The van der Waals surface area contributed by atoms with Crippen molar-refractivity contribution in [3.05, 3.63) is 64.9 Å². The van der Waals surface area contributed by atoms with Crippen molar-refractivity contribution < 1.29 is 4.74 Å². The third kappa shape index (κ3) is 3.49. The molecule has 4 rings (SSSR count). The molecule has 0 spiro atoms. The monoisotopic (exact) mass is 366 g/mol. The van der Waals surface area contributed by atoms with Gasteiger partial charge in [0.25, 0.3) is 0 Å². The van der Waals surface area contributed by atoms with E-state index in [0.29, 0.717) is 11.4 Å². The Hall–Kier alpha value is -2.28. The molecule has 6 heteroatoms. The average Bonchev–Trinajstić information content (AvgIpc) is 3.00. The van der Waals surface area contributed by atoms with E-state index in [2.05, 4.69) is 52.8 Å². The Labute approximate surface area is 158 Å². The second-order valence-electron chi connectivity index (χ2n) is 6.51. The number of benzene rings is 2. The van der Waals surface area contributed by atoms with Crippen LogP contribution < -0.4 is 0 Å². The number of hydrogen-bond acceptors (Lipinski definition) is 4. The van der Waals surface area contributed by atoms with Crippen molar-refractivity contribution in [2.24, 2.45) is 0 Å². The second kappa shape index (κ2) is 7.53. The Bertz CT molecular complexity index is 925. The van der Waals surface area contributed by atoms with Crippen LogP contribution in [0.25, 0.3) is 17.1 Å². The maximum Gasteiger partial charge on any atom is 0.204 e. The van der Waals surface area contributed by atoms with E-state index in [1.165, 1.54) is 5.56 Å². The first-order chi connectivity index (χ1) is 12.7. The number of ether oxygens (including phenoxy) is 1. The first-order valence-corrected chi connectivity index (χ1v) is 9.25. The lowest BCUT2D eigenvalue weighted by molar-refractivity contribution is 0.0210. The smallest absolute Gasteiger partial charge is 0.204 e. The minimum atomic E-state index is 0.681. The molecule has 2 aromatic carbocycles. The highest BCUT2D eigenvalue weighted by Gasteiger charge is 2.17. The van der Waals surface area contributed by atoms with Crippen molar-refractivity contribution in [3.8, 4) is 17.1 Å². The molecule has 0 aliphatic carbocycles. The van der Waals surface area contributed by atoms with E-state index < -0.39 is 0 Å². The third-order valence-electron chi connectivity index (χ3n) is 4.60. The number of para-hydroxylation sites is 1. The molecule has 0 N–H and O–H groups in total. The molecule has 5 nitrogen and oxygen atoms in total. The van der Waals surface area contributed by atoms with Gasteiger partial charge in [0.1, 0.15) is 0 Å². The summed E-state index contributed by atoms with van der Waals surface area (Å²) < 4.78 is 10.1. The van der Waals surface area contributed by atoms with E-state index in [1.807, 2.05) is 22.9 Å². The summed E-state index contributed by atoms with van der Waals surface area (Å²) in [7, 11) is 0. The Balaban J connectivity index is 1.79. The molecule has 0 amide bonds. The van der Waals surface area contributed by atoms with Crippen LogP contribution in [0, 0.1) is 11.7 Å². The highest BCUT2D eigenvalue weighted by molar-refractivity contribution is 7.71. The summed E-state index contributed by atoms with van der Waals surface area (Å²) in [6.45, 7) is 6.10. The third-order valence-corrected chi connectivity index (χ3v) is 4.99. The Morgan fingerprint density at radius 3 is 2.38 bits per heavy atom. The molecule has 3 aromatic rings. The molecule has 1 aliphatic heterocycles. The molecular formula is C20H22N4OS. The average molecular weight is 366 g/mol. The molecule has 0 atom stereocenters. The number of nitrogens with zero attached hydrogens (tertiary/aromatic N) is 4. The van der Waals surface area contributed by atoms with Gasteiger partial charge in [-0.25, -0.2) is 4.68 Å². The lowest BCUT2D eigenvalue weighted by Gasteiger charge is -2.26. The van der Waals surface area contributed by atoms with Crippen LogP contribution in [-0.4, -0.2) is 45.6 Å². The van der Waals surface area contributed by atoms with E-state index >= 15 is 0 Å². The van der Waals surface area contributed by atoms with Gasteiger partial charge in [-0.05, 0) is 31.3 Å². The maximum atomic E-state index is 5.79. The minimum Gasteiger partial charge on any atom is -0.379 e. The summed E-state index contributed by atoms with van der Waals surface area (Å²) in [5.41, 5.74) is 3.32. The molecule has 26 heavy (non-hydrogen) atoms. The largest absolute Gasteiger partial charge is 0.379 e. The van der Waals surface area contributed by atoms with Crippen molar-refractivity contribution in [1.29, 1.82) is 0 Å². The Kier molecular flexibility index (Phi) is 4.97. The van der Waals surface area contributed by atoms with Gasteiger partial charge in [-0.1, -0.05) is 48.0 Å². The summed E-state index contributed by atoms with van der Waals surface area (Å²) in [6, 6.07) is 18.6. The van der Waals surface area contributed by atoms with Crippen molar-refractivity contribution in [2.45, 2.75) is 13.6 Å². The van der Waals surface area contributed by atoms with E-state index in [4.69, 9.17) is 22.1 Å². The molecule has 1 aromatic heterocycles. The number of hydrogen-bond donors (Lipinski definition) is 0. The number of morpholine rings is 1. The standard InChI is InChI=1S/C20H22N4OS/c1-16-7-9-17(10-8-16)19-21-23(15-22-11-13-25-14-12-22)20(26)24(19)18-5-3-2-4-6-18/h2-10H,11-15H2,1H3. The molecule has 1 saturated heterocycles. The molecule has 0 unspecified atom stereocenters. The fraction of sp³-hybridized carbons (Fsp3) is 0.300. The molecular weight excluding hydrogens is 344 g/mol. The van der Waals surface area contributed by atoms with Crippen LogP contribution in [-0.2, 0) is 11.4 Å². The van der Waals surface area contributed by atoms with Crippen LogP contribution in [0.15, 0.2) is 54.6 Å². The van der Waals surface area contributed by atoms with Gasteiger partial charge in [0.2, 0.25) is 4.77 Å². The highest BCUT2D eigenvalue weighted by Crippen LogP contribution is 2.23. The second-order valence-corrected chi connectivity index (χ2v) is 6.88. The fourth-order valence-corrected chi connectivity index (χ4v) is 3.42. The summed E-state index contributed by atoms with van der Waals surface area (Å²) >= 11 is 5.79. The van der Waals surface area contributed by atoms with Gasteiger partial charge in [0.05, 0.1) is 19.9 Å². The van der Waals surface area contributed by atoms with Crippen LogP contribution in [0.2, 0.25) is 0 Å². The van der Waals surface area contributed by atoms with Crippen LogP contribution in [0.3, 0.4) is 0 Å². The number of aromatic nitrogens is 3. The summed E-state index contributed by atoms with van der Waals surface area (Å²) in [5.74, 6) is 0.870. The topological polar surface area (TPSA) is 35.2 Å². The summed E-state index contributed by atoms with van der Waals surface area (Å²) in [5, 5.41) is 4.87. The first-order valence-electron chi connectivity index (χ1n) is 8.85. The molecule has 0 radical (unpaired) electrons. The van der Waals surface area contributed by atoms with Gasteiger partial charge < -0.3 is 4.74 Å². The summed E-state index contributed by atoms with van der Waals surface area (Å²) in [6.07, 6.45) is 0. The number of rotatable bonds is 4. The lowest BCUT2D eigenvalue weighted by atomic mass is 10.1. The SMILES string of the molecule is Cc1ccc(-c2nn(CN3CCOCC3)c(=S)n2-c2ccccc2)cc1. The van der Waals surface area contributed by atoms with Crippen LogP contribution >= 0.6 is 12.2 Å². The molecule has 1 fully saturated rings. The van der Waals surface area contributed by atoms with Crippen molar-refractivity contribution in [3.63, 3.8) is 0 Å². The number of aryl methyl sites for hydroxylation is 1. The minimum absolute atomic E-state index is 0.681. The van der Waals surface area contributed by atoms with E-state index in [-0.39, 0.29) is 0 Å². The lowest BCUT2D eigenvalue weighted by Crippen LogP contribution is -2.37. The normalized spacial score (nSPS) is 15.3. The predicted octanol–water partition coefficient (Wildman–Crippen LogP) is 3.67. The molecule has 0 bridgehead atoms. The van der Waals surface area contributed by atoms with Gasteiger partial charge in [-0.15, -0.1) is 5.10 Å². The zero-order valence-corrected chi connectivity index (χ0v) is 15.7. The van der Waals surface area contributed by atoms with Crippen LogP contribution in [0.5, 0.6) is 0 Å². The van der Waals surface area contributed by atoms with Crippen LogP contribution in [0.1, 0.15) is 5.56 Å².